The van der Waals surface area contributed by atoms with Crippen LogP contribution in [0.25, 0.3) is 0 Å². The highest BCUT2D eigenvalue weighted by Gasteiger charge is 2.26. The van der Waals surface area contributed by atoms with Crippen molar-refractivity contribution in [3.8, 4) is 6.07 Å². The summed E-state index contributed by atoms with van der Waals surface area (Å²) >= 11 is 14.8. The first-order valence-corrected chi connectivity index (χ1v) is 7.33. The topological polar surface area (TPSA) is 40.9 Å². The molecule has 2 aromatic rings. The highest BCUT2D eigenvalue weighted by atomic mass is 79.9. The fraction of sp³-hybridized carbons (Fsp3) is 0.0667. The zero-order chi connectivity index (χ0) is 15.6. The van der Waals surface area contributed by atoms with Gasteiger partial charge in [0.1, 0.15) is 11.7 Å². The molecule has 1 unspecified atom stereocenters. The first-order chi connectivity index (χ1) is 9.95. The van der Waals surface area contributed by atoms with E-state index in [1.54, 1.807) is 0 Å². The highest BCUT2D eigenvalue weighted by Crippen LogP contribution is 2.29. The molecule has 21 heavy (non-hydrogen) atoms. The molecule has 0 radical (unpaired) electrons. The second-order valence-corrected chi connectivity index (χ2v) is 5.87. The maximum Gasteiger partial charge on any atom is 0.184 e. The minimum absolute atomic E-state index is 0.0407. The third-order valence-corrected chi connectivity index (χ3v) is 4.39. The molecule has 0 amide bonds. The lowest BCUT2D eigenvalue weighted by Gasteiger charge is -2.11. The summed E-state index contributed by atoms with van der Waals surface area (Å²) in [7, 11) is 0. The Kier molecular flexibility index (Phi) is 5.00. The molecule has 2 rings (SSSR count). The number of nitriles is 1. The number of nitrogens with zero attached hydrogens (tertiary/aromatic N) is 1. The van der Waals surface area contributed by atoms with Gasteiger partial charge in [-0.1, -0.05) is 35.3 Å². The third-order valence-electron chi connectivity index (χ3n) is 2.89. The standard InChI is InChI=1S/C15H7BrCl2FNO/c16-11-6-8(4-5-12(11)17)15(21)10(7-20)9-2-1-3-13(18)14(9)19/h1-6,10H. The van der Waals surface area contributed by atoms with Crippen molar-refractivity contribution in [2.75, 3.05) is 0 Å². The zero-order valence-electron chi connectivity index (χ0n) is 10.4. The number of carbonyl (C=O) groups is 1. The van der Waals surface area contributed by atoms with Crippen LogP contribution in [0.3, 0.4) is 0 Å². The van der Waals surface area contributed by atoms with E-state index >= 15 is 0 Å². The van der Waals surface area contributed by atoms with Gasteiger partial charge in [0.15, 0.2) is 5.78 Å². The minimum Gasteiger partial charge on any atom is -0.292 e. The van der Waals surface area contributed by atoms with E-state index in [9.17, 15) is 14.4 Å². The van der Waals surface area contributed by atoms with Crippen LogP contribution in [0.4, 0.5) is 4.39 Å². The van der Waals surface area contributed by atoms with E-state index in [-0.39, 0.29) is 16.1 Å². The summed E-state index contributed by atoms with van der Waals surface area (Å²) in [4.78, 5) is 12.4. The van der Waals surface area contributed by atoms with Crippen molar-refractivity contribution >= 4 is 44.9 Å². The Hall–Kier alpha value is -1.41. The predicted octanol–water partition coefficient (Wildman–Crippen LogP) is 5.39. The number of carbonyl (C=O) groups excluding carboxylic acids is 1. The number of halogens is 4. The Morgan fingerprint density at radius 2 is 1.95 bits per heavy atom. The van der Waals surface area contributed by atoms with E-state index in [0.717, 1.165) is 0 Å². The SMILES string of the molecule is N#CC(C(=O)c1ccc(Cl)c(Br)c1)c1cccc(Cl)c1F. The van der Waals surface area contributed by atoms with Crippen molar-refractivity contribution in [2.24, 2.45) is 0 Å². The quantitative estimate of drug-likeness (QED) is 0.664. The maximum absolute atomic E-state index is 14.0. The Balaban J connectivity index is 2.46. The molecular formula is C15H7BrCl2FNO. The second-order valence-electron chi connectivity index (χ2n) is 4.20. The summed E-state index contributed by atoms with van der Waals surface area (Å²) in [5.74, 6) is -2.54. The molecule has 2 aromatic carbocycles. The van der Waals surface area contributed by atoms with Crippen molar-refractivity contribution < 1.29 is 9.18 Å². The molecule has 0 aliphatic heterocycles. The maximum atomic E-state index is 14.0. The summed E-state index contributed by atoms with van der Waals surface area (Å²) in [6, 6.07) is 10.6. The largest absolute Gasteiger partial charge is 0.292 e. The van der Waals surface area contributed by atoms with Gasteiger partial charge in [0.2, 0.25) is 0 Å². The van der Waals surface area contributed by atoms with Crippen molar-refractivity contribution in [1.29, 1.82) is 5.26 Å². The molecule has 1 atom stereocenters. The van der Waals surface area contributed by atoms with Gasteiger partial charge in [0.25, 0.3) is 0 Å². The van der Waals surface area contributed by atoms with Gasteiger partial charge in [-0.25, -0.2) is 4.39 Å². The number of hydrogen-bond acceptors (Lipinski definition) is 2. The molecule has 106 valence electrons. The number of ketones is 1. The molecule has 0 aliphatic rings. The Morgan fingerprint density at radius 3 is 2.57 bits per heavy atom. The molecule has 0 aromatic heterocycles. The van der Waals surface area contributed by atoms with Gasteiger partial charge < -0.3 is 0 Å². The molecule has 2 nitrogen and oxygen atoms in total. The van der Waals surface area contributed by atoms with Gasteiger partial charge in [-0.3, -0.25) is 4.79 Å². The average molecular weight is 387 g/mol. The van der Waals surface area contributed by atoms with Crippen molar-refractivity contribution in [3.63, 3.8) is 0 Å². The first-order valence-electron chi connectivity index (χ1n) is 5.78. The Labute approximate surface area is 139 Å². The van der Waals surface area contributed by atoms with E-state index < -0.39 is 17.5 Å². The molecule has 0 fully saturated rings. The van der Waals surface area contributed by atoms with E-state index in [0.29, 0.717) is 9.50 Å². The number of hydrogen-bond donors (Lipinski definition) is 0. The number of benzene rings is 2. The Morgan fingerprint density at radius 1 is 1.24 bits per heavy atom. The highest BCUT2D eigenvalue weighted by molar-refractivity contribution is 9.10. The van der Waals surface area contributed by atoms with Crippen molar-refractivity contribution in [2.45, 2.75) is 5.92 Å². The molecule has 0 bridgehead atoms. The summed E-state index contributed by atoms with van der Waals surface area (Å²) in [6.45, 7) is 0. The van der Waals surface area contributed by atoms with Crippen molar-refractivity contribution in [3.05, 3.63) is 67.9 Å². The van der Waals surface area contributed by atoms with Crippen LogP contribution in [0.1, 0.15) is 21.8 Å². The summed E-state index contributed by atoms with van der Waals surface area (Å²) in [5, 5.41) is 9.54. The molecule has 0 aliphatic carbocycles. The van der Waals surface area contributed by atoms with Gasteiger partial charge in [0, 0.05) is 15.6 Å². The lowest BCUT2D eigenvalue weighted by Crippen LogP contribution is -2.13. The second kappa shape index (κ2) is 6.57. The van der Waals surface area contributed by atoms with Crippen LogP contribution in [0.2, 0.25) is 10.0 Å². The summed E-state index contributed by atoms with van der Waals surface area (Å²) in [5.41, 5.74) is 0.221. The zero-order valence-corrected chi connectivity index (χ0v) is 13.5. The van der Waals surface area contributed by atoms with Gasteiger partial charge in [-0.2, -0.15) is 5.26 Å². The molecule has 6 heteroatoms. The van der Waals surface area contributed by atoms with Gasteiger partial charge in [0.05, 0.1) is 16.1 Å². The van der Waals surface area contributed by atoms with E-state index in [1.807, 2.05) is 6.07 Å². The lowest BCUT2D eigenvalue weighted by molar-refractivity contribution is 0.0977. The molecule has 0 saturated heterocycles. The van der Waals surface area contributed by atoms with Crippen molar-refractivity contribution in [1.82, 2.24) is 0 Å². The lowest BCUT2D eigenvalue weighted by atomic mass is 9.91. The van der Waals surface area contributed by atoms with E-state index in [4.69, 9.17) is 23.2 Å². The van der Waals surface area contributed by atoms with Gasteiger partial charge in [-0.15, -0.1) is 0 Å². The Bertz CT molecular complexity index is 758. The molecule has 0 saturated carbocycles. The van der Waals surface area contributed by atoms with Crippen LogP contribution in [0.15, 0.2) is 40.9 Å². The summed E-state index contributed by atoms with van der Waals surface area (Å²) in [6.07, 6.45) is 0. The minimum atomic E-state index is -1.27. The summed E-state index contributed by atoms with van der Waals surface area (Å²) < 4.78 is 14.5. The predicted molar refractivity (Wildman–Crippen MR) is 83.2 cm³/mol. The van der Waals surface area contributed by atoms with Crippen LogP contribution in [-0.4, -0.2) is 5.78 Å². The molecule has 0 N–H and O–H groups in total. The molecule has 0 heterocycles. The normalized spacial score (nSPS) is 11.8. The van der Waals surface area contributed by atoms with Gasteiger partial charge in [-0.05, 0) is 40.2 Å². The monoisotopic (exact) mass is 385 g/mol. The average Bonchev–Trinajstić information content (AvgIpc) is 2.47. The first kappa shape index (κ1) is 16.0. The fourth-order valence-electron chi connectivity index (χ4n) is 1.83. The van der Waals surface area contributed by atoms with E-state index in [2.05, 4.69) is 15.9 Å². The van der Waals surface area contributed by atoms with Crippen LogP contribution >= 0.6 is 39.1 Å². The third kappa shape index (κ3) is 3.26. The van der Waals surface area contributed by atoms with Crippen LogP contribution < -0.4 is 0 Å². The fourth-order valence-corrected chi connectivity index (χ4v) is 2.51. The number of Topliss-reactive ketones (excluding diaryl/α,β-unsaturated/α-hetero) is 1. The molecular weight excluding hydrogens is 380 g/mol. The van der Waals surface area contributed by atoms with Crippen LogP contribution in [0.5, 0.6) is 0 Å². The smallest absolute Gasteiger partial charge is 0.184 e. The van der Waals surface area contributed by atoms with Crippen LogP contribution in [0, 0.1) is 17.1 Å². The molecule has 0 spiro atoms. The van der Waals surface area contributed by atoms with Crippen LogP contribution in [-0.2, 0) is 0 Å². The van der Waals surface area contributed by atoms with E-state index in [1.165, 1.54) is 36.4 Å². The number of rotatable bonds is 3. The van der Waals surface area contributed by atoms with Gasteiger partial charge >= 0.3 is 0 Å².